The molecule has 0 bridgehead atoms. The minimum atomic E-state index is -1.00. The average Bonchev–Trinajstić information content (AvgIpc) is 2.93. The van der Waals surface area contributed by atoms with Crippen molar-refractivity contribution in [3.8, 4) is 0 Å². The zero-order valence-corrected chi connectivity index (χ0v) is 13.2. The van der Waals surface area contributed by atoms with Crippen LogP contribution in [0.25, 0.3) is 5.57 Å². The molecule has 2 aromatic rings. The highest BCUT2D eigenvalue weighted by Crippen LogP contribution is 2.32. The number of esters is 1. The van der Waals surface area contributed by atoms with Gasteiger partial charge < -0.3 is 20.5 Å². The van der Waals surface area contributed by atoms with Crippen molar-refractivity contribution in [3.05, 3.63) is 65.4 Å². The number of hydrogen-bond acceptors (Lipinski definition) is 5. The third kappa shape index (κ3) is 3.20. The summed E-state index contributed by atoms with van der Waals surface area (Å²) in [7, 11) is 1.29. The molecule has 0 radical (unpaired) electrons. The van der Waals surface area contributed by atoms with Gasteiger partial charge >= 0.3 is 11.9 Å². The first-order valence-electron chi connectivity index (χ1n) is 7.34. The lowest BCUT2D eigenvalue weighted by Crippen LogP contribution is -2.05. The van der Waals surface area contributed by atoms with Crippen molar-refractivity contribution < 1.29 is 24.2 Å². The van der Waals surface area contributed by atoms with Gasteiger partial charge in [-0.05, 0) is 36.4 Å². The molecule has 1 amide bonds. The van der Waals surface area contributed by atoms with Crippen molar-refractivity contribution >= 4 is 34.8 Å². The Kier molecular flexibility index (Phi) is 4.21. The summed E-state index contributed by atoms with van der Waals surface area (Å²) in [6, 6.07) is 11.0. The monoisotopic (exact) mass is 338 g/mol. The predicted molar refractivity (Wildman–Crippen MR) is 91.4 cm³/mol. The number of methoxy groups -OCH3 is 1. The number of carboxylic acid groups (broad SMARTS) is 1. The summed E-state index contributed by atoms with van der Waals surface area (Å²) in [5, 5.41) is 14.5. The van der Waals surface area contributed by atoms with Gasteiger partial charge in [0, 0.05) is 23.1 Å². The maximum Gasteiger partial charge on any atom is 0.337 e. The van der Waals surface area contributed by atoms with Crippen LogP contribution in [0.2, 0.25) is 0 Å². The molecule has 1 aliphatic rings. The van der Waals surface area contributed by atoms with E-state index in [-0.39, 0.29) is 11.5 Å². The van der Waals surface area contributed by atoms with Gasteiger partial charge in [0.1, 0.15) is 0 Å². The van der Waals surface area contributed by atoms with Gasteiger partial charge in [-0.15, -0.1) is 0 Å². The Labute approximate surface area is 142 Å². The van der Waals surface area contributed by atoms with Crippen LogP contribution in [0.15, 0.2) is 48.7 Å². The van der Waals surface area contributed by atoms with E-state index < -0.39 is 11.9 Å². The van der Waals surface area contributed by atoms with E-state index in [0.29, 0.717) is 28.1 Å². The van der Waals surface area contributed by atoms with Crippen molar-refractivity contribution in [1.29, 1.82) is 0 Å². The number of carbonyl (C=O) groups is 3. The molecule has 7 nitrogen and oxygen atoms in total. The summed E-state index contributed by atoms with van der Waals surface area (Å²) < 4.78 is 4.66. The van der Waals surface area contributed by atoms with E-state index in [1.165, 1.54) is 25.4 Å². The fourth-order valence-corrected chi connectivity index (χ4v) is 2.45. The lowest BCUT2D eigenvalue weighted by molar-refractivity contribution is -0.110. The van der Waals surface area contributed by atoms with Gasteiger partial charge in [0.2, 0.25) is 0 Å². The quantitative estimate of drug-likeness (QED) is 0.584. The van der Waals surface area contributed by atoms with Gasteiger partial charge in [0.15, 0.2) is 0 Å². The number of fused-ring (bicyclic) bond motifs is 1. The molecule has 7 heteroatoms. The number of amides is 1. The van der Waals surface area contributed by atoms with E-state index in [4.69, 9.17) is 5.11 Å². The molecule has 3 rings (SSSR count). The van der Waals surface area contributed by atoms with Gasteiger partial charge in [-0.25, -0.2) is 9.59 Å². The molecule has 0 saturated heterocycles. The number of nitrogens with one attached hydrogen (secondary N) is 2. The fourth-order valence-electron chi connectivity index (χ4n) is 2.45. The first kappa shape index (κ1) is 16.3. The lowest BCUT2D eigenvalue weighted by Gasteiger charge is -2.04. The number of rotatable bonds is 4. The number of ether oxygens (including phenoxy) is 1. The smallest absolute Gasteiger partial charge is 0.337 e. The minimum Gasteiger partial charge on any atom is -0.478 e. The van der Waals surface area contributed by atoms with Crippen molar-refractivity contribution in [1.82, 2.24) is 0 Å². The normalized spacial score (nSPS) is 14.0. The summed E-state index contributed by atoms with van der Waals surface area (Å²) in [6.45, 7) is 0. The first-order valence-corrected chi connectivity index (χ1v) is 7.34. The van der Waals surface area contributed by atoms with Crippen LogP contribution in [0.3, 0.4) is 0 Å². The van der Waals surface area contributed by atoms with Gasteiger partial charge in [-0.3, -0.25) is 4.79 Å². The average molecular weight is 338 g/mol. The van der Waals surface area contributed by atoms with Crippen molar-refractivity contribution in [2.75, 3.05) is 17.7 Å². The second-order valence-electron chi connectivity index (χ2n) is 5.29. The molecular formula is C18H14N2O5. The van der Waals surface area contributed by atoms with E-state index in [2.05, 4.69) is 15.4 Å². The van der Waals surface area contributed by atoms with Gasteiger partial charge in [0.05, 0.1) is 23.8 Å². The Balaban J connectivity index is 1.84. The molecule has 0 fully saturated rings. The summed E-state index contributed by atoms with van der Waals surface area (Å²) in [5.41, 5.74) is 2.77. The Bertz CT molecular complexity index is 900. The van der Waals surface area contributed by atoms with E-state index in [0.717, 1.165) is 0 Å². The highest BCUT2D eigenvalue weighted by molar-refractivity contribution is 6.31. The topological polar surface area (TPSA) is 105 Å². The Hall–Kier alpha value is -3.61. The molecule has 1 aliphatic heterocycles. The van der Waals surface area contributed by atoms with E-state index in [1.54, 1.807) is 30.3 Å². The third-order valence-electron chi connectivity index (χ3n) is 3.74. The molecule has 0 aromatic heterocycles. The standard InChI is InChI=1S/C18H14N2O5/c1-25-18(24)11-4-7-13-14(16(21)20-15(13)8-11)9-19-12-5-2-10(3-6-12)17(22)23/h2-9,19H,1H3,(H,20,21)(H,22,23)/b14-9-. The number of anilines is 2. The summed E-state index contributed by atoms with van der Waals surface area (Å²) in [6.07, 6.45) is 1.54. The van der Waals surface area contributed by atoms with Crippen LogP contribution in [0.1, 0.15) is 26.3 Å². The van der Waals surface area contributed by atoms with E-state index >= 15 is 0 Å². The molecular weight excluding hydrogens is 324 g/mol. The van der Waals surface area contributed by atoms with Crippen LogP contribution in [0.4, 0.5) is 11.4 Å². The van der Waals surface area contributed by atoms with Gasteiger partial charge in [-0.2, -0.15) is 0 Å². The second kappa shape index (κ2) is 6.48. The van der Waals surface area contributed by atoms with Crippen LogP contribution in [0.5, 0.6) is 0 Å². The molecule has 0 saturated carbocycles. The predicted octanol–water partition coefficient (Wildman–Crippen LogP) is 2.58. The number of hydrogen-bond donors (Lipinski definition) is 3. The number of aromatic carboxylic acids is 1. The number of carbonyl (C=O) groups excluding carboxylic acids is 2. The lowest BCUT2D eigenvalue weighted by atomic mass is 10.1. The largest absolute Gasteiger partial charge is 0.478 e. The molecule has 1 heterocycles. The first-order chi connectivity index (χ1) is 12.0. The van der Waals surface area contributed by atoms with Crippen LogP contribution < -0.4 is 10.6 Å². The Morgan fingerprint density at radius 3 is 2.44 bits per heavy atom. The van der Waals surface area contributed by atoms with Gasteiger partial charge in [0.25, 0.3) is 5.91 Å². The molecule has 0 aliphatic carbocycles. The summed E-state index contributed by atoms with van der Waals surface area (Å²) in [5.74, 6) is -1.78. The SMILES string of the molecule is COC(=O)c1ccc2c(c1)NC(=O)/C2=C\Nc1ccc(C(=O)O)cc1. The van der Waals surface area contributed by atoms with Crippen LogP contribution in [0, 0.1) is 0 Å². The number of carboxylic acids is 1. The van der Waals surface area contributed by atoms with Crippen molar-refractivity contribution in [2.45, 2.75) is 0 Å². The van der Waals surface area contributed by atoms with E-state index in [9.17, 15) is 14.4 Å². The molecule has 0 atom stereocenters. The summed E-state index contributed by atoms with van der Waals surface area (Å²) >= 11 is 0. The Morgan fingerprint density at radius 1 is 1.12 bits per heavy atom. The van der Waals surface area contributed by atoms with Crippen molar-refractivity contribution in [2.24, 2.45) is 0 Å². The molecule has 2 aromatic carbocycles. The highest BCUT2D eigenvalue weighted by atomic mass is 16.5. The van der Waals surface area contributed by atoms with Crippen LogP contribution in [-0.4, -0.2) is 30.1 Å². The fraction of sp³-hybridized carbons (Fsp3) is 0.0556. The zero-order chi connectivity index (χ0) is 18.0. The molecule has 126 valence electrons. The maximum atomic E-state index is 12.1. The molecule has 0 spiro atoms. The third-order valence-corrected chi connectivity index (χ3v) is 3.74. The zero-order valence-electron chi connectivity index (χ0n) is 13.2. The summed E-state index contributed by atoms with van der Waals surface area (Å²) in [4.78, 5) is 34.5. The molecule has 25 heavy (non-hydrogen) atoms. The highest BCUT2D eigenvalue weighted by Gasteiger charge is 2.25. The minimum absolute atomic E-state index is 0.178. The van der Waals surface area contributed by atoms with E-state index in [1.807, 2.05) is 0 Å². The van der Waals surface area contributed by atoms with Gasteiger partial charge in [-0.1, -0.05) is 6.07 Å². The van der Waals surface area contributed by atoms with Crippen LogP contribution in [-0.2, 0) is 9.53 Å². The Morgan fingerprint density at radius 2 is 1.80 bits per heavy atom. The molecule has 0 unspecified atom stereocenters. The van der Waals surface area contributed by atoms with Crippen molar-refractivity contribution in [3.63, 3.8) is 0 Å². The van der Waals surface area contributed by atoms with Crippen LogP contribution >= 0.6 is 0 Å². The number of benzene rings is 2. The maximum absolute atomic E-state index is 12.1. The second-order valence-corrected chi connectivity index (χ2v) is 5.29. The molecule has 3 N–H and O–H groups in total.